The second kappa shape index (κ2) is 8.36. The standard InChI is InChI=1S/C18H14BrF4NO4/c19-12-4-5-15(26-10-11-2-1-3-13(20)6-11)16(7-12)27-14-8-24(9-14)28-17(25)18(21,22)23/h1-7,14H,8-10H2. The number of carbonyl (C=O) groups is 1. The van der Waals surface area contributed by atoms with E-state index in [1.807, 2.05) is 0 Å². The number of benzene rings is 2. The molecule has 0 saturated carbocycles. The smallest absolute Gasteiger partial charge is 0.485 e. The van der Waals surface area contributed by atoms with Gasteiger partial charge in [0.1, 0.15) is 18.5 Å². The van der Waals surface area contributed by atoms with Gasteiger partial charge in [0.15, 0.2) is 11.5 Å². The Morgan fingerprint density at radius 2 is 1.89 bits per heavy atom. The second-order valence-corrected chi connectivity index (χ2v) is 6.89. The molecule has 28 heavy (non-hydrogen) atoms. The van der Waals surface area contributed by atoms with Gasteiger partial charge in [-0.1, -0.05) is 28.1 Å². The highest BCUT2D eigenvalue weighted by molar-refractivity contribution is 9.10. The van der Waals surface area contributed by atoms with Gasteiger partial charge in [-0.05, 0) is 35.9 Å². The van der Waals surface area contributed by atoms with Crippen LogP contribution < -0.4 is 9.47 Å². The first-order valence-electron chi connectivity index (χ1n) is 8.08. The van der Waals surface area contributed by atoms with Crippen LogP contribution in [0.15, 0.2) is 46.9 Å². The molecule has 1 heterocycles. The maximum atomic E-state index is 13.3. The third kappa shape index (κ3) is 5.35. The van der Waals surface area contributed by atoms with Gasteiger partial charge in [-0.3, -0.25) is 0 Å². The van der Waals surface area contributed by atoms with Crippen molar-refractivity contribution in [3.63, 3.8) is 0 Å². The number of carbonyl (C=O) groups excluding carboxylic acids is 1. The maximum Gasteiger partial charge on any atom is 0.492 e. The Kier molecular flexibility index (Phi) is 6.09. The van der Waals surface area contributed by atoms with E-state index in [2.05, 4.69) is 20.8 Å². The Hall–Kier alpha value is -2.33. The Balaban J connectivity index is 1.57. The fourth-order valence-electron chi connectivity index (χ4n) is 2.38. The van der Waals surface area contributed by atoms with E-state index in [0.717, 1.165) is 5.06 Å². The van der Waals surface area contributed by atoms with Gasteiger partial charge in [0, 0.05) is 4.47 Å². The van der Waals surface area contributed by atoms with Crippen molar-refractivity contribution < 1.29 is 36.7 Å². The molecule has 0 spiro atoms. The van der Waals surface area contributed by atoms with Crippen molar-refractivity contribution in [2.24, 2.45) is 0 Å². The quantitative estimate of drug-likeness (QED) is 0.599. The largest absolute Gasteiger partial charge is 0.492 e. The highest BCUT2D eigenvalue weighted by atomic mass is 79.9. The first-order valence-corrected chi connectivity index (χ1v) is 8.87. The molecule has 1 fully saturated rings. The molecule has 1 aliphatic heterocycles. The molecule has 1 saturated heterocycles. The van der Waals surface area contributed by atoms with Gasteiger partial charge in [-0.25, -0.2) is 9.18 Å². The molecule has 0 aliphatic carbocycles. The number of rotatable bonds is 6. The summed E-state index contributed by atoms with van der Waals surface area (Å²) >= 11 is 3.31. The minimum Gasteiger partial charge on any atom is -0.485 e. The van der Waals surface area contributed by atoms with Crippen molar-refractivity contribution in [3.8, 4) is 11.5 Å². The predicted octanol–water partition coefficient (Wildman–Crippen LogP) is 4.25. The molecule has 0 N–H and O–H groups in total. The number of halogens is 5. The van der Waals surface area contributed by atoms with E-state index in [1.165, 1.54) is 12.1 Å². The summed E-state index contributed by atoms with van der Waals surface area (Å²) in [5.41, 5.74) is 0.628. The Morgan fingerprint density at radius 3 is 2.57 bits per heavy atom. The SMILES string of the molecule is O=C(ON1CC(Oc2cc(Br)ccc2OCc2cccc(F)c2)C1)C(F)(F)F. The molecule has 2 aromatic carbocycles. The molecular weight excluding hydrogens is 450 g/mol. The predicted molar refractivity (Wildman–Crippen MR) is 93.0 cm³/mol. The molecule has 0 amide bonds. The summed E-state index contributed by atoms with van der Waals surface area (Å²) in [6, 6.07) is 11.0. The molecule has 1 aliphatic rings. The summed E-state index contributed by atoms with van der Waals surface area (Å²) in [7, 11) is 0. The number of hydrogen-bond donors (Lipinski definition) is 0. The second-order valence-electron chi connectivity index (χ2n) is 5.97. The lowest BCUT2D eigenvalue weighted by Crippen LogP contribution is -2.55. The normalized spacial score (nSPS) is 15.0. The molecule has 0 bridgehead atoms. The Morgan fingerprint density at radius 1 is 1.14 bits per heavy atom. The first-order chi connectivity index (χ1) is 13.2. The number of nitrogens with zero attached hydrogens (tertiary/aromatic N) is 1. The van der Waals surface area contributed by atoms with Crippen molar-refractivity contribution in [1.29, 1.82) is 0 Å². The monoisotopic (exact) mass is 463 g/mol. The lowest BCUT2D eigenvalue weighted by molar-refractivity contribution is -0.262. The van der Waals surface area contributed by atoms with Crippen LogP contribution in [0.3, 0.4) is 0 Å². The molecule has 2 aromatic rings. The van der Waals surface area contributed by atoms with Gasteiger partial charge >= 0.3 is 12.1 Å². The molecule has 3 rings (SSSR count). The van der Waals surface area contributed by atoms with Crippen molar-refractivity contribution in [2.75, 3.05) is 13.1 Å². The summed E-state index contributed by atoms with van der Waals surface area (Å²) in [5, 5.41) is 0.867. The molecule has 0 radical (unpaired) electrons. The summed E-state index contributed by atoms with van der Waals surface area (Å²) < 4.78 is 61.9. The summed E-state index contributed by atoms with van der Waals surface area (Å²) in [6.07, 6.45) is -5.53. The van der Waals surface area contributed by atoms with E-state index in [9.17, 15) is 22.4 Å². The zero-order valence-corrected chi connectivity index (χ0v) is 15.8. The molecule has 0 aromatic heterocycles. The van der Waals surface area contributed by atoms with Gasteiger partial charge in [-0.15, -0.1) is 5.06 Å². The van der Waals surface area contributed by atoms with Gasteiger partial charge in [0.2, 0.25) is 0 Å². The highest BCUT2D eigenvalue weighted by Crippen LogP contribution is 2.33. The van der Waals surface area contributed by atoms with Crippen LogP contribution in [0.1, 0.15) is 5.56 Å². The van der Waals surface area contributed by atoms with Crippen molar-refractivity contribution >= 4 is 21.9 Å². The third-order valence-electron chi connectivity index (χ3n) is 3.74. The van der Waals surface area contributed by atoms with Crippen LogP contribution in [0.4, 0.5) is 17.6 Å². The van der Waals surface area contributed by atoms with E-state index in [4.69, 9.17) is 9.47 Å². The Labute approximate surface area is 165 Å². The van der Waals surface area contributed by atoms with Crippen LogP contribution in [0, 0.1) is 5.82 Å². The molecule has 10 heteroatoms. The number of ether oxygens (including phenoxy) is 2. The molecule has 0 atom stereocenters. The first kappa shape index (κ1) is 20.4. The zero-order chi connectivity index (χ0) is 20.3. The maximum absolute atomic E-state index is 13.3. The van der Waals surface area contributed by atoms with Crippen LogP contribution in [-0.2, 0) is 16.2 Å². The zero-order valence-electron chi connectivity index (χ0n) is 14.2. The molecular formula is C18H14BrF4NO4. The van der Waals surface area contributed by atoms with Gasteiger partial charge in [-0.2, -0.15) is 13.2 Å². The van der Waals surface area contributed by atoms with Crippen molar-refractivity contribution in [2.45, 2.75) is 18.9 Å². The van der Waals surface area contributed by atoms with Crippen LogP contribution in [0.2, 0.25) is 0 Å². The lowest BCUT2D eigenvalue weighted by Gasteiger charge is -2.37. The van der Waals surface area contributed by atoms with E-state index in [-0.39, 0.29) is 25.5 Å². The Bertz CT molecular complexity index is 856. The average Bonchev–Trinajstić information content (AvgIpc) is 2.58. The van der Waals surface area contributed by atoms with Gasteiger partial charge in [0.05, 0.1) is 13.1 Å². The van der Waals surface area contributed by atoms with E-state index in [1.54, 1.807) is 30.3 Å². The number of hydrogen-bond acceptors (Lipinski definition) is 5. The molecule has 0 unspecified atom stereocenters. The van der Waals surface area contributed by atoms with Crippen LogP contribution >= 0.6 is 15.9 Å². The fraction of sp³-hybridized carbons (Fsp3) is 0.278. The van der Waals surface area contributed by atoms with E-state index < -0.39 is 18.2 Å². The van der Waals surface area contributed by atoms with Crippen molar-refractivity contribution in [3.05, 3.63) is 58.3 Å². The van der Waals surface area contributed by atoms with Crippen molar-refractivity contribution in [1.82, 2.24) is 5.06 Å². The van der Waals surface area contributed by atoms with Crippen LogP contribution in [0.5, 0.6) is 11.5 Å². The topological polar surface area (TPSA) is 48.0 Å². The number of alkyl halides is 3. The minimum absolute atomic E-state index is 0.0162. The number of hydroxylamine groups is 2. The summed E-state index contributed by atoms with van der Waals surface area (Å²) in [4.78, 5) is 15.0. The van der Waals surface area contributed by atoms with Gasteiger partial charge < -0.3 is 14.3 Å². The lowest BCUT2D eigenvalue weighted by atomic mass is 10.2. The summed E-state index contributed by atoms with van der Waals surface area (Å²) in [6.45, 7) is 0.0745. The third-order valence-corrected chi connectivity index (χ3v) is 4.23. The molecule has 5 nitrogen and oxygen atoms in total. The minimum atomic E-state index is -5.05. The van der Waals surface area contributed by atoms with E-state index >= 15 is 0 Å². The van der Waals surface area contributed by atoms with Crippen LogP contribution in [0.25, 0.3) is 0 Å². The van der Waals surface area contributed by atoms with Gasteiger partial charge in [0.25, 0.3) is 0 Å². The molecule has 150 valence electrons. The fourth-order valence-corrected chi connectivity index (χ4v) is 2.72. The van der Waals surface area contributed by atoms with Crippen LogP contribution in [-0.4, -0.2) is 36.4 Å². The average molecular weight is 464 g/mol. The summed E-state index contributed by atoms with van der Waals surface area (Å²) in [5.74, 6) is -1.90. The van der Waals surface area contributed by atoms with E-state index in [0.29, 0.717) is 21.5 Å². The highest BCUT2D eigenvalue weighted by Gasteiger charge is 2.44.